The Morgan fingerprint density at radius 3 is 2.25 bits per heavy atom. The summed E-state index contributed by atoms with van der Waals surface area (Å²) in [6.45, 7) is 0.988. The largest absolute Gasteiger partial charge is 0.389 e. The Morgan fingerprint density at radius 2 is 1.75 bits per heavy atom. The summed E-state index contributed by atoms with van der Waals surface area (Å²) >= 11 is 0. The number of carbonyl (C=O) groups excluding carboxylic acids is 1. The number of nitrogens with zero attached hydrogens (tertiary/aromatic N) is 2. The molecular formula is C12H24N2O2. The fourth-order valence-electron chi connectivity index (χ4n) is 2.30. The van der Waals surface area contributed by atoms with E-state index < -0.39 is 5.60 Å². The van der Waals surface area contributed by atoms with Gasteiger partial charge in [-0.2, -0.15) is 0 Å². The van der Waals surface area contributed by atoms with E-state index in [-0.39, 0.29) is 5.91 Å². The summed E-state index contributed by atoms with van der Waals surface area (Å²) in [6, 6.07) is 0. The van der Waals surface area contributed by atoms with Crippen LogP contribution in [-0.4, -0.2) is 60.6 Å². The second-order valence-electron chi connectivity index (χ2n) is 5.25. The Kier molecular flexibility index (Phi) is 4.74. The fourth-order valence-corrected chi connectivity index (χ4v) is 2.30. The van der Waals surface area contributed by atoms with Crippen LogP contribution < -0.4 is 0 Å². The average molecular weight is 228 g/mol. The van der Waals surface area contributed by atoms with Gasteiger partial charge < -0.3 is 10.0 Å². The summed E-state index contributed by atoms with van der Waals surface area (Å²) in [7, 11) is 5.41. The lowest BCUT2D eigenvalue weighted by atomic mass is 9.84. The quantitative estimate of drug-likeness (QED) is 0.770. The Bertz CT molecular complexity index is 235. The number of carbonyl (C=O) groups is 1. The molecular weight excluding hydrogens is 204 g/mol. The van der Waals surface area contributed by atoms with E-state index in [9.17, 15) is 9.90 Å². The van der Waals surface area contributed by atoms with Gasteiger partial charge >= 0.3 is 0 Å². The van der Waals surface area contributed by atoms with Gasteiger partial charge in [-0.15, -0.1) is 0 Å². The highest BCUT2D eigenvalue weighted by atomic mass is 16.3. The molecule has 4 heteroatoms. The summed E-state index contributed by atoms with van der Waals surface area (Å²) in [4.78, 5) is 15.0. The molecule has 0 aromatic heterocycles. The molecule has 1 saturated carbocycles. The minimum Gasteiger partial charge on any atom is -0.389 e. The van der Waals surface area contributed by atoms with Crippen molar-refractivity contribution < 1.29 is 9.90 Å². The third-order valence-corrected chi connectivity index (χ3v) is 3.25. The molecule has 1 fully saturated rings. The summed E-state index contributed by atoms with van der Waals surface area (Å²) in [5.41, 5.74) is -0.570. The van der Waals surface area contributed by atoms with Crippen molar-refractivity contribution in [2.45, 2.75) is 37.7 Å². The predicted octanol–water partition coefficient (Wildman–Crippen LogP) is 0.702. The van der Waals surface area contributed by atoms with E-state index in [1.807, 2.05) is 11.9 Å². The molecule has 0 aromatic carbocycles. The Balaban J connectivity index is 2.37. The van der Waals surface area contributed by atoms with Crippen molar-refractivity contribution in [3.05, 3.63) is 0 Å². The van der Waals surface area contributed by atoms with Crippen molar-refractivity contribution in [2.75, 3.05) is 34.2 Å². The first-order valence-corrected chi connectivity index (χ1v) is 6.04. The monoisotopic (exact) mass is 228 g/mol. The highest BCUT2D eigenvalue weighted by Crippen LogP contribution is 2.28. The van der Waals surface area contributed by atoms with E-state index in [0.29, 0.717) is 13.1 Å². The maximum atomic E-state index is 11.5. The van der Waals surface area contributed by atoms with Crippen molar-refractivity contribution in [1.82, 2.24) is 9.80 Å². The molecule has 0 aromatic rings. The first-order chi connectivity index (χ1) is 7.43. The molecule has 0 unspecified atom stereocenters. The van der Waals surface area contributed by atoms with Crippen LogP contribution in [0.2, 0.25) is 0 Å². The smallest absolute Gasteiger partial charge is 0.236 e. The molecule has 94 valence electrons. The van der Waals surface area contributed by atoms with Gasteiger partial charge in [-0.3, -0.25) is 9.69 Å². The molecule has 0 radical (unpaired) electrons. The summed E-state index contributed by atoms with van der Waals surface area (Å²) in [5, 5.41) is 10.3. The third kappa shape index (κ3) is 4.10. The standard InChI is InChI=1S/C12H24N2O2/c1-13(2)11(15)9-14(3)10-12(16)7-5-4-6-8-12/h16H,4-10H2,1-3H3. The van der Waals surface area contributed by atoms with Gasteiger partial charge in [0.25, 0.3) is 0 Å². The molecule has 0 bridgehead atoms. The second-order valence-corrected chi connectivity index (χ2v) is 5.25. The normalized spacial score (nSPS) is 19.8. The van der Waals surface area contributed by atoms with Crippen molar-refractivity contribution >= 4 is 5.91 Å². The van der Waals surface area contributed by atoms with E-state index in [1.54, 1.807) is 19.0 Å². The van der Waals surface area contributed by atoms with Gasteiger partial charge in [0.1, 0.15) is 0 Å². The fraction of sp³-hybridized carbons (Fsp3) is 0.917. The first kappa shape index (κ1) is 13.5. The van der Waals surface area contributed by atoms with Crippen molar-refractivity contribution in [3.8, 4) is 0 Å². The van der Waals surface area contributed by atoms with E-state index >= 15 is 0 Å². The molecule has 1 amide bonds. The topological polar surface area (TPSA) is 43.8 Å². The Hall–Kier alpha value is -0.610. The average Bonchev–Trinajstić information content (AvgIpc) is 2.17. The highest BCUT2D eigenvalue weighted by molar-refractivity contribution is 5.77. The van der Waals surface area contributed by atoms with Crippen molar-refractivity contribution in [1.29, 1.82) is 0 Å². The van der Waals surface area contributed by atoms with E-state index in [1.165, 1.54) is 6.42 Å². The third-order valence-electron chi connectivity index (χ3n) is 3.25. The van der Waals surface area contributed by atoms with Gasteiger partial charge in [-0.25, -0.2) is 0 Å². The molecule has 0 saturated heterocycles. The van der Waals surface area contributed by atoms with Crippen LogP contribution in [0.25, 0.3) is 0 Å². The van der Waals surface area contributed by atoms with Crippen LogP contribution in [-0.2, 0) is 4.79 Å². The van der Waals surface area contributed by atoms with Crippen LogP contribution in [0.5, 0.6) is 0 Å². The lowest BCUT2D eigenvalue weighted by Gasteiger charge is -2.35. The van der Waals surface area contributed by atoms with Crippen LogP contribution >= 0.6 is 0 Å². The lowest BCUT2D eigenvalue weighted by molar-refractivity contribution is -0.130. The summed E-state index contributed by atoms with van der Waals surface area (Å²) < 4.78 is 0. The molecule has 0 aliphatic heterocycles. The second kappa shape index (κ2) is 5.64. The van der Waals surface area contributed by atoms with Gasteiger partial charge in [0.2, 0.25) is 5.91 Å². The SMILES string of the molecule is CN(CC(=O)N(C)C)CC1(O)CCCCC1. The minimum absolute atomic E-state index is 0.0851. The molecule has 0 heterocycles. The molecule has 0 spiro atoms. The zero-order chi connectivity index (χ0) is 12.2. The number of aliphatic hydroxyl groups is 1. The van der Waals surface area contributed by atoms with Gasteiger partial charge in [0, 0.05) is 20.6 Å². The van der Waals surface area contributed by atoms with Crippen LogP contribution in [0.1, 0.15) is 32.1 Å². The molecule has 1 rings (SSSR count). The maximum absolute atomic E-state index is 11.5. The summed E-state index contributed by atoms with van der Waals surface area (Å²) in [6.07, 6.45) is 5.17. The molecule has 4 nitrogen and oxygen atoms in total. The van der Waals surface area contributed by atoms with E-state index in [2.05, 4.69) is 0 Å². The number of rotatable bonds is 4. The highest BCUT2D eigenvalue weighted by Gasteiger charge is 2.30. The summed E-state index contributed by atoms with van der Waals surface area (Å²) in [5.74, 6) is 0.0851. The number of hydrogen-bond donors (Lipinski definition) is 1. The van der Waals surface area contributed by atoms with E-state index in [0.717, 1.165) is 25.7 Å². The zero-order valence-electron chi connectivity index (χ0n) is 10.7. The van der Waals surface area contributed by atoms with Crippen LogP contribution in [0.4, 0.5) is 0 Å². The van der Waals surface area contributed by atoms with Gasteiger partial charge in [-0.05, 0) is 19.9 Å². The van der Waals surface area contributed by atoms with Crippen LogP contribution in [0.3, 0.4) is 0 Å². The van der Waals surface area contributed by atoms with Gasteiger partial charge in [-0.1, -0.05) is 19.3 Å². The molecule has 1 N–H and O–H groups in total. The zero-order valence-corrected chi connectivity index (χ0v) is 10.7. The predicted molar refractivity (Wildman–Crippen MR) is 64.2 cm³/mol. The number of hydrogen-bond acceptors (Lipinski definition) is 3. The Labute approximate surface area is 98.2 Å². The van der Waals surface area contributed by atoms with Crippen LogP contribution in [0, 0.1) is 0 Å². The maximum Gasteiger partial charge on any atom is 0.236 e. The molecule has 1 aliphatic rings. The Morgan fingerprint density at radius 1 is 1.19 bits per heavy atom. The van der Waals surface area contributed by atoms with Crippen molar-refractivity contribution in [2.24, 2.45) is 0 Å². The number of likely N-dealkylation sites (N-methyl/N-ethyl adjacent to an activating group) is 2. The molecule has 0 atom stereocenters. The minimum atomic E-state index is -0.570. The molecule has 16 heavy (non-hydrogen) atoms. The lowest BCUT2D eigenvalue weighted by Crippen LogP contribution is -2.45. The van der Waals surface area contributed by atoms with E-state index in [4.69, 9.17) is 0 Å². The number of amides is 1. The van der Waals surface area contributed by atoms with Gasteiger partial charge in [0.15, 0.2) is 0 Å². The van der Waals surface area contributed by atoms with Crippen LogP contribution in [0.15, 0.2) is 0 Å². The van der Waals surface area contributed by atoms with Crippen molar-refractivity contribution in [3.63, 3.8) is 0 Å². The first-order valence-electron chi connectivity index (χ1n) is 6.04. The van der Waals surface area contributed by atoms with Gasteiger partial charge in [0.05, 0.1) is 12.1 Å². The molecule has 1 aliphatic carbocycles.